The molecule has 0 aliphatic carbocycles. The van der Waals surface area contributed by atoms with Gasteiger partial charge in [-0.05, 0) is 30.7 Å². The fourth-order valence-corrected chi connectivity index (χ4v) is 2.75. The summed E-state index contributed by atoms with van der Waals surface area (Å²) in [5, 5.41) is 9.81. The Labute approximate surface area is 102 Å². The minimum absolute atomic E-state index is 0.0178. The third kappa shape index (κ3) is 1.77. The Balaban J connectivity index is 2.06. The van der Waals surface area contributed by atoms with Gasteiger partial charge in [0.25, 0.3) is 0 Å². The van der Waals surface area contributed by atoms with Gasteiger partial charge in [-0.15, -0.1) is 11.3 Å². The Morgan fingerprint density at radius 3 is 2.94 bits per heavy atom. The number of aromatic nitrogens is 1. The summed E-state index contributed by atoms with van der Waals surface area (Å²) >= 11 is 1.50. The van der Waals surface area contributed by atoms with Crippen LogP contribution in [0.15, 0.2) is 18.2 Å². The summed E-state index contributed by atoms with van der Waals surface area (Å²) < 4.78 is 10.6. The van der Waals surface area contributed by atoms with Crippen molar-refractivity contribution in [1.82, 2.24) is 4.98 Å². The van der Waals surface area contributed by atoms with Crippen LogP contribution in [0.5, 0.6) is 11.5 Å². The van der Waals surface area contributed by atoms with E-state index in [9.17, 15) is 0 Å². The largest absolute Gasteiger partial charge is 0.454 e. The predicted molar refractivity (Wildman–Crippen MR) is 64.3 cm³/mol. The molecule has 1 aromatic carbocycles. The van der Waals surface area contributed by atoms with Crippen LogP contribution in [0.25, 0.3) is 10.4 Å². The SMILES string of the molecule is Cc1nc(CO)sc1-c1ccc2c(c1)OCO2. The first-order valence-corrected chi connectivity index (χ1v) is 6.07. The van der Waals surface area contributed by atoms with Crippen molar-refractivity contribution in [3.63, 3.8) is 0 Å². The molecule has 0 bridgehead atoms. The van der Waals surface area contributed by atoms with Crippen molar-refractivity contribution >= 4 is 11.3 Å². The number of fused-ring (bicyclic) bond motifs is 1. The lowest BCUT2D eigenvalue weighted by molar-refractivity contribution is 0.174. The molecule has 0 fully saturated rings. The average molecular weight is 249 g/mol. The molecule has 0 radical (unpaired) electrons. The standard InChI is InChI=1S/C12H11NO3S/c1-7-12(17-11(5-14)13-7)8-2-3-9-10(4-8)16-6-15-9/h2-4,14H,5-6H2,1H3. The molecular formula is C12H11NO3S. The lowest BCUT2D eigenvalue weighted by Gasteiger charge is -2.00. The second kappa shape index (κ2) is 4.01. The molecule has 4 nitrogen and oxygen atoms in total. The Bertz CT molecular complexity index is 565. The first-order valence-electron chi connectivity index (χ1n) is 5.25. The number of benzene rings is 1. The van der Waals surface area contributed by atoms with Crippen molar-refractivity contribution in [2.75, 3.05) is 6.79 Å². The monoisotopic (exact) mass is 249 g/mol. The van der Waals surface area contributed by atoms with E-state index in [0.29, 0.717) is 0 Å². The van der Waals surface area contributed by atoms with Crippen LogP contribution in [0.1, 0.15) is 10.7 Å². The Morgan fingerprint density at radius 1 is 1.35 bits per heavy atom. The third-order valence-corrected chi connectivity index (χ3v) is 3.80. The summed E-state index contributed by atoms with van der Waals surface area (Å²) in [6, 6.07) is 5.83. The molecule has 2 aromatic rings. The van der Waals surface area contributed by atoms with E-state index in [-0.39, 0.29) is 13.4 Å². The number of rotatable bonds is 2. The van der Waals surface area contributed by atoms with E-state index < -0.39 is 0 Å². The van der Waals surface area contributed by atoms with Gasteiger partial charge in [0.15, 0.2) is 11.5 Å². The molecule has 0 spiro atoms. The first kappa shape index (κ1) is 10.6. The number of aliphatic hydroxyl groups is 1. The van der Waals surface area contributed by atoms with Crippen LogP contribution >= 0.6 is 11.3 Å². The summed E-state index contributed by atoms with van der Waals surface area (Å²) in [5.41, 5.74) is 1.97. The number of nitrogens with zero attached hydrogens (tertiary/aromatic N) is 1. The van der Waals surface area contributed by atoms with Crippen LogP contribution in [-0.2, 0) is 6.61 Å². The van der Waals surface area contributed by atoms with E-state index in [2.05, 4.69) is 4.98 Å². The lowest BCUT2D eigenvalue weighted by atomic mass is 10.1. The van der Waals surface area contributed by atoms with Gasteiger partial charge in [0.2, 0.25) is 6.79 Å². The summed E-state index contributed by atoms with van der Waals surface area (Å²) in [6.07, 6.45) is 0. The molecule has 3 rings (SSSR count). The number of thiazole rings is 1. The van der Waals surface area contributed by atoms with Crippen molar-refractivity contribution in [2.45, 2.75) is 13.5 Å². The van der Waals surface area contributed by atoms with Gasteiger partial charge in [0.1, 0.15) is 5.01 Å². The van der Waals surface area contributed by atoms with Crippen molar-refractivity contribution in [2.24, 2.45) is 0 Å². The minimum atomic E-state index is -0.0178. The number of hydrogen-bond acceptors (Lipinski definition) is 5. The molecule has 1 aliphatic rings. The van der Waals surface area contributed by atoms with Gasteiger partial charge in [-0.25, -0.2) is 4.98 Å². The lowest BCUT2D eigenvalue weighted by Crippen LogP contribution is -1.92. The molecule has 17 heavy (non-hydrogen) atoms. The molecule has 1 aliphatic heterocycles. The molecule has 0 saturated heterocycles. The Kier molecular flexibility index (Phi) is 2.49. The molecule has 0 unspecified atom stereocenters. The molecule has 0 atom stereocenters. The second-order valence-corrected chi connectivity index (χ2v) is 4.83. The highest BCUT2D eigenvalue weighted by atomic mass is 32.1. The highest BCUT2D eigenvalue weighted by Crippen LogP contribution is 2.38. The topological polar surface area (TPSA) is 51.6 Å². The van der Waals surface area contributed by atoms with Gasteiger partial charge in [-0.3, -0.25) is 0 Å². The molecular weight excluding hydrogens is 238 g/mol. The normalized spacial score (nSPS) is 13.1. The molecule has 0 saturated carbocycles. The smallest absolute Gasteiger partial charge is 0.231 e. The maximum atomic E-state index is 9.08. The molecule has 0 amide bonds. The number of ether oxygens (including phenoxy) is 2. The predicted octanol–water partition coefficient (Wildman–Crippen LogP) is 2.34. The van der Waals surface area contributed by atoms with E-state index in [4.69, 9.17) is 14.6 Å². The van der Waals surface area contributed by atoms with E-state index in [1.54, 1.807) is 0 Å². The zero-order chi connectivity index (χ0) is 11.8. The number of aryl methyl sites for hydroxylation is 1. The third-order valence-electron chi connectivity index (χ3n) is 2.61. The first-order chi connectivity index (χ1) is 8.28. The van der Waals surface area contributed by atoms with Gasteiger partial charge in [0.05, 0.1) is 17.2 Å². The van der Waals surface area contributed by atoms with Gasteiger partial charge >= 0.3 is 0 Å². The molecule has 5 heteroatoms. The average Bonchev–Trinajstić information content (AvgIpc) is 2.93. The highest BCUT2D eigenvalue weighted by Gasteiger charge is 2.16. The van der Waals surface area contributed by atoms with Crippen molar-refractivity contribution in [1.29, 1.82) is 0 Å². The van der Waals surface area contributed by atoms with Gasteiger partial charge in [0, 0.05) is 0 Å². The van der Waals surface area contributed by atoms with Crippen LogP contribution in [0.3, 0.4) is 0 Å². The van der Waals surface area contributed by atoms with Crippen LogP contribution in [0, 0.1) is 6.92 Å². The fourth-order valence-electron chi connectivity index (χ4n) is 1.83. The fraction of sp³-hybridized carbons (Fsp3) is 0.250. The summed E-state index contributed by atoms with van der Waals surface area (Å²) in [7, 11) is 0. The summed E-state index contributed by atoms with van der Waals surface area (Å²) in [4.78, 5) is 5.36. The second-order valence-electron chi connectivity index (χ2n) is 3.75. The van der Waals surface area contributed by atoms with Crippen molar-refractivity contribution < 1.29 is 14.6 Å². The maximum Gasteiger partial charge on any atom is 0.231 e. The van der Waals surface area contributed by atoms with Crippen molar-refractivity contribution in [3.8, 4) is 21.9 Å². The summed E-state index contributed by atoms with van der Waals surface area (Å²) in [5.74, 6) is 1.54. The quantitative estimate of drug-likeness (QED) is 0.887. The zero-order valence-electron chi connectivity index (χ0n) is 9.27. The minimum Gasteiger partial charge on any atom is -0.454 e. The maximum absolute atomic E-state index is 9.08. The van der Waals surface area contributed by atoms with E-state index in [0.717, 1.165) is 32.6 Å². The van der Waals surface area contributed by atoms with Crippen LogP contribution in [-0.4, -0.2) is 16.9 Å². The van der Waals surface area contributed by atoms with Crippen LogP contribution in [0.4, 0.5) is 0 Å². The van der Waals surface area contributed by atoms with Crippen molar-refractivity contribution in [3.05, 3.63) is 28.9 Å². The molecule has 1 N–H and O–H groups in total. The molecule has 2 heterocycles. The van der Waals surface area contributed by atoms with Crippen LogP contribution in [0.2, 0.25) is 0 Å². The number of hydrogen-bond donors (Lipinski definition) is 1. The zero-order valence-corrected chi connectivity index (χ0v) is 10.1. The van der Waals surface area contributed by atoms with Gasteiger partial charge in [-0.1, -0.05) is 0 Å². The molecule has 88 valence electrons. The highest BCUT2D eigenvalue weighted by molar-refractivity contribution is 7.15. The Hall–Kier alpha value is -1.59. The van der Waals surface area contributed by atoms with E-state index >= 15 is 0 Å². The van der Waals surface area contributed by atoms with E-state index in [1.165, 1.54) is 11.3 Å². The van der Waals surface area contributed by atoms with E-state index in [1.807, 2.05) is 25.1 Å². The van der Waals surface area contributed by atoms with Gasteiger partial charge in [-0.2, -0.15) is 0 Å². The Morgan fingerprint density at radius 2 is 2.18 bits per heavy atom. The van der Waals surface area contributed by atoms with Crippen LogP contribution < -0.4 is 9.47 Å². The number of aliphatic hydroxyl groups excluding tert-OH is 1. The van der Waals surface area contributed by atoms with Gasteiger partial charge < -0.3 is 14.6 Å². The molecule has 1 aromatic heterocycles. The summed E-state index contributed by atoms with van der Waals surface area (Å²) in [6.45, 7) is 2.20.